The highest BCUT2D eigenvalue weighted by atomic mass is 19.1. The maximum Gasteiger partial charge on any atom is 0.142 e. The van der Waals surface area contributed by atoms with Crippen LogP contribution in [0.5, 0.6) is 5.75 Å². The van der Waals surface area contributed by atoms with E-state index in [2.05, 4.69) is 30.4 Å². The van der Waals surface area contributed by atoms with Crippen LogP contribution < -0.4 is 4.74 Å². The molecule has 1 saturated heterocycles. The Morgan fingerprint density at radius 2 is 2.09 bits per heavy atom. The lowest BCUT2D eigenvalue weighted by molar-refractivity contribution is 0.171. The Kier molecular flexibility index (Phi) is 8.51. The number of likely N-dealkylation sites (tertiary alicyclic amines) is 1. The molecule has 0 amide bonds. The molecule has 3 rings (SSSR count). The smallest absolute Gasteiger partial charge is 0.142 e. The summed E-state index contributed by atoms with van der Waals surface area (Å²) >= 11 is 0. The van der Waals surface area contributed by atoms with Crippen molar-refractivity contribution in [3.8, 4) is 5.75 Å². The van der Waals surface area contributed by atoms with Crippen molar-refractivity contribution in [2.45, 2.75) is 32.6 Å². The normalized spacial score (nSPS) is 19.0. The first-order valence-electron chi connectivity index (χ1n) is 11.6. The number of ether oxygens (including phenoxy) is 1. The van der Waals surface area contributed by atoms with E-state index in [1.54, 1.807) is 25.3 Å². The zero-order valence-corrected chi connectivity index (χ0v) is 20.0. The average Bonchev–Trinajstić information content (AvgIpc) is 2.81. The van der Waals surface area contributed by atoms with Crippen LogP contribution in [0.1, 0.15) is 38.2 Å². The van der Waals surface area contributed by atoms with E-state index in [-0.39, 0.29) is 5.82 Å². The molecule has 2 aliphatic rings. The first-order chi connectivity index (χ1) is 15.5. The van der Waals surface area contributed by atoms with Crippen LogP contribution in [0.15, 0.2) is 53.9 Å². The topological polar surface area (TPSA) is 31.3 Å². The summed E-state index contributed by atoms with van der Waals surface area (Å²) in [5.74, 6) is 2.70. The number of amidine groups is 1. The molecule has 0 aliphatic carbocycles. The van der Waals surface area contributed by atoms with E-state index in [0.717, 1.165) is 24.8 Å². The number of methoxy groups -OCH3 is 1. The van der Waals surface area contributed by atoms with Crippen LogP contribution in [0, 0.1) is 11.7 Å². The molecule has 32 heavy (non-hydrogen) atoms. The van der Waals surface area contributed by atoms with E-state index in [9.17, 15) is 4.39 Å². The maximum atomic E-state index is 14.6. The lowest BCUT2D eigenvalue weighted by Crippen LogP contribution is -2.40. The van der Waals surface area contributed by atoms with E-state index < -0.39 is 0 Å². The highest BCUT2D eigenvalue weighted by Gasteiger charge is 2.21. The highest BCUT2D eigenvalue weighted by molar-refractivity contribution is 5.95. The molecular weight excluding hydrogens is 403 g/mol. The van der Waals surface area contributed by atoms with Crippen LogP contribution in [0.2, 0.25) is 0 Å². The van der Waals surface area contributed by atoms with Crippen molar-refractivity contribution in [3.63, 3.8) is 0 Å². The summed E-state index contributed by atoms with van der Waals surface area (Å²) in [6.45, 7) is 10.5. The number of hydrogen-bond acceptors (Lipinski definition) is 5. The Morgan fingerprint density at radius 3 is 2.75 bits per heavy atom. The van der Waals surface area contributed by atoms with Gasteiger partial charge in [-0.1, -0.05) is 32.4 Å². The fourth-order valence-electron chi connectivity index (χ4n) is 4.41. The highest BCUT2D eigenvalue weighted by Crippen LogP contribution is 2.30. The predicted octanol–water partition coefficient (Wildman–Crippen LogP) is 4.99. The Hall–Kier alpha value is -2.60. The standard InChI is InChI=1S/C26H37FN4O/c1-6-8-20-11-15-31(16-12-20)18-17-29(3)25-13-14-30(4)26(28-25)22(7-2)23-19-21(32-5)9-10-24(23)27/h7,9-10,13-14,19-20H,2,6,8,11-12,15-18H2,1,3-5H3/b26-22+. The molecule has 0 N–H and O–H groups in total. The summed E-state index contributed by atoms with van der Waals surface area (Å²) in [6.07, 6.45) is 10.9. The molecule has 174 valence electrons. The molecule has 0 atom stereocenters. The van der Waals surface area contributed by atoms with Gasteiger partial charge >= 0.3 is 0 Å². The lowest BCUT2D eigenvalue weighted by atomic mass is 9.92. The van der Waals surface area contributed by atoms with Crippen molar-refractivity contribution in [1.82, 2.24) is 14.7 Å². The third-order valence-corrected chi connectivity index (χ3v) is 6.46. The van der Waals surface area contributed by atoms with Crippen LogP contribution in [0.3, 0.4) is 0 Å². The minimum atomic E-state index is -0.326. The van der Waals surface area contributed by atoms with E-state index in [1.807, 2.05) is 24.2 Å². The zero-order valence-electron chi connectivity index (χ0n) is 20.0. The maximum absolute atomic E-state index is 14.6. The van der Waals surface area contributed by atoms with E-state index >= 15 is 0 Å². The minimum absolute atomic E-state index is 0.326. The number of allylic oxidation sites excluding steroid dienone is 2. The summed E-state index contributed by atoms with van der Waals surface area (Å²) in [5.41, 5.74) is 1.06. The summed E-state index contributed by atoms with van der Waals surface area (Å²) in [7, 11) is 5.55. The number of aliphatic imine (C=N–C) groups is 1. The van der Waals surface area contributed by atoms with Gasteiger partial charge in [0.2, 0.25) is 0 Å². The van der Waals surface area contributed by atoms with E-state index in [1.165, 1.54) is 44.8 Å². The van der Waals surface area contributed by atoms with Gasteiger partial charge in [-0.05, 0) is 56.1 Å². The van der Waals surface area contributed by atoms with Crippen LogP contribution in [-0.4, -0.2) is 67.9 Å². The fourth-order valence-corrected chi connectivity index (χ4v) is 4.41. The van der Waals surface area contributed by atoms with Gasteiger partial charge in [0.25, 0.3) is 0 Å². The molecule has 2 aliphatic heterocycles. The lowest BCUT2D eigenvalue weighted by Gasteiger charge is -2.33. The summed E-state index contributed by atoms with van der Waals surface area (Å²) in [4.78, 5) is 11.5. The van der Waals surface area contributed by atoms with Crippen molar-refractivity contribution in [3.05, 3.63) is 60.3 Å². The van der Waals surface area contributed by atoms with Crippen LogP contribution >= 0.6 is 0 Å². The van der Waals surface area contributed by atoms with Crippen molar-refractivity contribution < 1.29 is 9.13 Å². The number of piperidine rings is 1. The molecule has 0 saturated carbocycles. The number of rotatable bonds is 8. The van der Waals surface area contributed by atoms with Crippen molar-refractivity contribution in [2.75, 3.05) is 47.4 Å². The van der Waals surface area contributed by atoms with Gasteiger partial charge in [-0.2, -0.15) is 0 Å². The molecule has 1 fully saturated rings. The first kappa shape index (κ1) is 24.1. The number of likely N-dealkylation sites (N-methyl/N-ethyl adjacent to an activating group) is 1. The molecule has 0 aromatic heterocycles. The van der Waals surface area contributed by atoms with Crippen molar-refractivity contribution in [1.29, 1.82) is 0 Å². The molecular formula is C26H37FN4O. The molecule has 2 heterocycles. The number of benzene rings is 1. The molecule has 1 aromatic carbocycles. The van der Waals surface area contributed by atoms with Crippen LogP contribution in [-0.2, 0) is 0 Å². The molecule has 0 spiro atoms. The SMILES string of the molecule is C=C/C(=C1/N=C(N(C)CCN2CCC(CCC)CC2)C=CN1C)c1cc(OC)ccc1F. The number of halogens is 1. The predicted molar refractivity (Wildman–Crippen MR) is 131 cm³/mol. The Labute approximate surface area is 192 Å². The van der Waals surface area contributed by atoms with Crippen molar-refractivity contribution >= 4 is 11.4 Å². The molecule has 0 radical (unpaired) electrons. The van der Waals surface area contributed by atoms with Gasteiger partial charge in [-0.25, -0.2) is 9.38 Å². The largest absolute Gasteiger partial charge is 0.497 e. The monoisotopic (exact) mass is 440 g/mol. The second-order valence-corrected chi connectivity index (χ2v) is 8.68. The second kappa shape index (κ2) is 11.3. The second-order valence-electron chi connectivity index (χ2n) is 8.68. The Morgan fingerprint density at radius 1 is 1.34 bits per heavy atom. The summed E-state index contributed by atoms with van der Waals surface area (Å²) in [5, 5.41) is 0. The van der Waals surface area contributed by atoms with E-state index in [0.29, 0.717) is 22.7 Å². The number of nitrogens with zero attached hydrogens (tertiary/aromatic N) is 4. The molecule has 5 nitrogen and oxygen atoms in total. The quantitative estimate of drug-likeness (QED) is 0.570. The fraction of sp³-hybridized carbons (Fsp3) is 0.500. The minimum Gasteiger partial charge on any atom is -0.497 e. The van der Waals surface area contributed by atoms with Crippen molar-refractivity contribution in [2.24, 2.45) is 10.9 Å². The van der Waals surface area contributed by atoms with Gasteiger partial charge in [0.1, 0.15) is 23.2 Å². The van der Waals surface area contributed by atoms with Crippen LogP contribution in [0.25, 0.3) is 5.57 Å². The zero-order chi connectivity index (χ0) is 23.1. The summed E-state index contributed by atoms with van der Waals surface area (Å²) < 4.78 is 19.9. The Balaban J connectivity index is 1.74. The average molecular weight is 441 g/mol. The van der Waals surface area contributed by atoms with Gasteiger partial charge in [0, 0.05) is 44.5 Å². The molecule has 1 aromatic rings. The molecule has 6 heteroatoms. The van der Waals surface area contributed by atoms with Gasteiger partial charge in [-0.15, -0.1) is 0 Å². The third kappa shape index (κ3) is 5.80. The summed E-state index contributed by atoms with van der Waals surface area (Å²) in [6, 6.07) is 4.71. The van der Waals surface area contributed by atoms with Gasteiger partial charge < -0.3 is 19.4 Å². The molecule has 0 unspecified atom stereocenters. The Bertz CT molecular complexity index is 884. The van der Waals surface area contributed by atoms with Gasteiger partial charge in [0.05, 0.1) is 7.11 Å². The van der Waals surface area contributed by atoms with Crippen LogP contribution in [0.4, 0.5) is 4.39 Å². The van der Waals surface area contributed by atoms with E-state index in [4.69, 9.17) is 9.73 Å². The first-order valence-corrected chi connectivity index (χ1v) is 11.6. The van der Waals surface area contributed by atoms with Gasteiger partial charge in [-0.3, -0.25) is 0 Å². The molecule has 0 bridgehead atoms. The third-order valence-electron chi connectivity index (χ3n) is 6.46. The van der Waals surface area contributed by atoms with Gasteiger partial charge in [0.15, 0.2) is 0 Å². The number of hydrogen-bond donors (Lipinski definition) is 0.